The number of H-pyrrole nitrogens is 1. The zero-order chi connectivity index (χ0) is 20.5. The molecular weight excluding hydrogens is 388 g/mol. The van der Waals surface area contributed by atoms with Gasteiger partial charge in [0.2, 0.25) is 5.91 Å². The third-order valence-corrected chi connectivity index (χ3v) is 6.12. The van der Waals surface area contributed by atoms with Crippen LogP contribution in [0.3, 0.4) is 0 Å². The highest BCUT2D eigenvalue weighted by atomic mass is 35.5. The summed E-state index contributed by atoms with van der Waals surface area (Å²) >= 11 is 6.52. The molecule has 6 heteroatoms. The number of methoxy groups -OCH3 is 1. The first kappa shape index (κ1) is 19.5. The van der Waals surface area contributed by atoms with Crippen molar-refractivity contribution >= 4 is 34.4 Å². The number of likely N-dealkylation sites (tertiary alicyclic amines) is 1. The first-order chi connectivity index (χ1) is 14.0. The van der Waals surface area contributed by atoms with Crippen molar-refractivity contribution in [2.75, 3.05) is 20.2 Å². The van der Waals surface area contributed by atoms with Crippen LogP contribution < -0.4 is 0 Å². The summed E-state index contributed by atoms with van der Waals surface area (Å²) < 4.78 is 4.87. The standard InChI is InChI=1S/C23H23ClN2O3/c1-14(27)26-9-7-16(8-10-26)15-3-5-17(6-4-15)18-11-19-20(23(28)29-2)13-25-22(19)12-21(18)24/h3-6,11-13,16,25H,7-10H2,1-2H3. The Hall–Kier alpha value is -2.79. The van der Waals surface area contributed by atoms with Gasteiger partial charge in [-0.25, -0.2) is 4.79 Å². The van der Waals surface area contributed by atoms with Crippen molar-refractivity contribution in [3.05, 3.63) is 58.7 Å². The van der Waals surface area contributed by atoms with Crippen LogP contribution in [0, 0.1) is 0 Å². The Kier molecular flexibility index (Phi) is 5.33. The number of carbonyl (C=O) groups excluding carboxylic acids is 2. The van der Waals surface area contributed by atoms with E-state index >= 15 is 0 Å². The molecule has 0 unspecified atom stereocenters. The zero-order valence-electron chi connectivity index (χ0n) is 16.5. The van der Waals surface area contributed by atoms with E-state index < -0.39 is 0 Å². The van der Waals surface area contributed by atoms with E-state index in [-0.39, 0.29) is 11.9 Å². The molecule has 4 rings (SSSR count). The summed E-state index contributed by atoms with van der Waals surface area (Å²) in [6.45, 7) is 3.26. The SMILES string of the molecule is COC(=O)c1c[nH]c2cc(Cl)c(-c3ccc(C4CCN(C(C)=O)CC4)cc3)cc12. The molecule has 0 atom stereocenters. The smallest absolute Gasteiger partial charge is 0.340 e. The largest absolute Gasteiger partial charge is 0.465 e. The van der Waals surface area contributed by atoms with E-state index in [0.717, 1.165) is 48.0 Å². The maximum Gasteiger partial charge on any atom is 0.340 e. The van der Waals surface area contributed by atoms with Crippen LogP contribution in [-0.4, -0.2) is 42.0 Å². The second-order valence-electron chi connectivity index (χ2n) is 7.47. The first-order valence-corrected chi connectivity index (χ1v) is 10.1. The zero-order valence-corrected chi connectivity index (χ0v) is 17.3. The fraction of sp³-hybridized carbons (Fsp3) is 0.304. The number of amides is 1. The molecule has 1 N–H and O–H groups in total. The van der Waals surface area contributed by atoms with Crippen molar-refractivity contribution in [2.45, 2.75) is 25.7 Å². The second-order valence-corrected chi connectivity index (χ2v) is 7.88. The minimum Gasteiger partial charge on any atom is -0.465 e. The molecule has 150 valence electrons. The Labute approximate surface area is 174 Å². The summed E-state index contributed by atoms with van der Waals surface area (Å²) in [6, 6.07) is 12.2. The van der Waals surface area contributed by atoms with E-state index in [1.54, 1.807) is 13.1 Å². The number of halogens is 1. The van der Waals surface area contributed by atoms with E-state index in [9.17, 15) is 9.59 Å². The molecule has 0 bridgehead atoms. The van der Waals surface area contributed by atoms with Gasteiger partial charge in [-0.15, -0.1) is 0 Å². The lowest BCUT2D eigenvalue weighted by Crippen LogP contribution is -2.36. The van der Waals surface area contributed by atoms with Gasteiger partial charge in [-0.2, -0.15) is 0 Å². The number of nitrogens with one attached hydrogen (secondary N) is 1. The molecule has 2 aromatic carbocycles. The van der Waals surface area contributed by atoms with Crippen molar-refractivity contribution < 1.29 is 14.3 Å². The summed E-state index contributed by atoms with van der Waals surface area (Å²) in [6.07, 6.45) is 3.61. The van der Waals surface area contributed by atoms with Crippen LogP contribution in [0.4, 0.5) is 0 Å². The van der Waals surface area contributed by atoms with Crippen molar-refractivity contribution in [3.8, 4) is 11.1 Å². The van der Waals surface area contributed by atoms with Crippen LogP contribution in [-0.2, 0) is 9.53 Å². The number of rotatable bonds is 3. The maximum absolute atomic E-state index is 12.0. The minimum atomic E-state index is -0.378. The summed E-state index contributed by atoms with van der Waals surface area (Å²) in [7, 11) is 1.37. The lowest BCUT2D eigenvalue weighted by molar-refractivity contribution is -0.129. The van der Waals surface area contributed by atoms with Crippen LogP contribution in [0.5, 0.6) is 0 Å². The molecule has 5 nitrogen and oxygen atoms in total. The number of piperidine rings is 1. The fourth-order valence-corrected chi connectivity index (χ4v) is 4.38. The quantitative estimate of drug-likeness (QED) is 0.618. The van der Waals surface area contributed by atoms with Gasteiger partial charge in [0.25, 0.3) is 0 Å². The Morgan fingerprint density at radius 3 is 2.45 bits per heavy atom. The first-order valence-electron chi connectivity index (χ1n) is 9.72. The van der Waals surface area contributed by atoms with E-state index in [1.807, 2.05) is 17.0 Å². The topological polar surface area (TPSA) is 62.4 Å². The molecular formula is C23H23ClN2O3. The Bertz CT molecular complexity index is 1060. The average Bonchev–Trinajstić information content (AvgIpc) is 3.15. The molecule has 29 heavy (non-hydrogen) atoms. The molecule has 0 radical (unpaired) electrons. The number of esters is 1. The number of carbonyl (C=O) groups is 2. The fourth-order valence-electron chi connectivity index (χ4n) is 4.11. The van der Waals surface area contributed by atoms with E-state index in [1.165, 1.54) is 12.7 Å². The summed E-state index contributed by atoms with van der Waals surface area (Å²) in [4.78, 5) is 28.5. The molecule has 3 aromatic rings. The van der Waals surface area contributed by atoms with Gasteiger partial charge < -0.3 is 14.6 Å². The van der Waals surface area contributed by atoms with Gasteiger partial charge in [0.1, 0.15) is 0 Å². The molecule has 0 spiro atoms. The number of aromatic nitrogens is 1. The lowest BCUT2D eigenvalue weighted by atomic mass is 9.88. The monoisotopic (exact) mass is 410 g/mol. The predicted molar refractivity (Wildman–Crippen MR) is 114 cm³/mol. The third-order valence-electron chi connectivity index (χ3n) is 5.81. The number of benzene rings is 2. The second kappa shape index (κ2) is 7.91. The highest BCUT2D eigenvalue weighted by Gasteiger charge is 2.22. The molecule has 1 saturated heterocycles. The van der Waals surface area contributed by atoms with Crippen molar-refractivity contribution in [2.24, 2.45) is 0 Å². The summed E-state index contributed by atoms with van der Waals surface area (Å²) in [5, 5.41) is 1.41. The van der Waals surface area contributed by atoms with E-state index in [0.29, 0.717) is 16.5 Å². The Morgan fingerprint density at radius 2 is 1.83 bits per heavy atom. The molecule has 0 aliphatic carbocycles. The highest BCUT2D eigenvalue weighted by molar-refractivity contribution is 6.34. The van der Waals surface area contributed by atoms with Crippen LogP contribution in [0.1, 0.15) is 41.6 Å². The maximum atomic E-state index is 12.0. The molecule has 1 fully saturated rings. The third kappa shape index (κ3) is 3.75. The van der Waals surface area contributed by atoms with Crippen LogP contribution in [0.25, 0.3) is 22.0 Å². The lowest BCUT2D eigenvalue weighted by Gasteiger charge is -2.31. The Morgan fingerprint density at radius 1 is 1.14 bits per heavy atom. The van der Waals surface area contributed by atoms with Gasteiger partial charge in [0.15, 0.2) is 0 Å². The molecule has 0 saturated carbocycles. The molecule has 1 amide bonds. The average molecular weight is 411 g/mol. The van der Waals surface area contributed by atoms with E-state index in [4.69, 9.17) is 16.3 Å². The van der Waals surface area contributed by atoms with E-state index in [2.05, 4.69) is 29.2 Å². The number of ether oxygens (including phenoxy) is 1. The van der Waals surface area contributed by atoms with Crippen LogP contribution >= 0.6 is 11.6 Å². The summed E-state index contributed by atoms with van der Waals surface area (Å²) in [5.74, 6) is 0.241. The number of hydrogen-bond acceptors (Lipinski definition) is 3. The van der Waals surface area contributed by atoms with Gasteiger partial charge in [-0.05, 0) is 42.0 Å². The van der Waals surface area contributed by atoms with Crippen molar-refractivity contribution in [3.63, 3.8) is 0 Å². The van der Waals surface area contributed by atoms with Gasteiger partial charge in [-0.3, -0.25) is 4.79 Å². The van der Waals surface area contributed by atoms with Gasteiger partial charge >= 0.3 is 5.97 Å². The molecule has 1 aliphatic rings. The van der Waals surface area contributed by atoms with Gasteiger partial charge in [0, 0.05) is 42.7 Å². The highest BCUT2D eigenvalue weighted by Crippen LogP contribution is 2.35. The number of hydrogen-bond donors (Lipinski definition) is 1. The molecule has 1 aliphatic heterocycles. The number of fused-ring (bicyclic) bond motifs is 1. The van der Waals surface area contributed by atoms with Gasteiger partial charge in [-0.1, -0.05) is 35.9 Å². The summed E-state index contributed by atoms with van der Waals surface area (Å²) in [5.41, 5.74) is 4.45. The van der Waals surface area contributed by atoms with Crippen molar-refractivity contribution in [1.29, 1.82) is 0 Å². The van der Waals surface area contributed by atoms with Crippen molar-refractivity contribution in [1.82, 2.24) is 9.88 Å². The molecule has 2 heterocycles. The normalized spacial score (nSPS) is 14.9. The van der Waals surface area contributed by atoms with Gasteiger partial charge in [0.05, 0.1) is 17.7 Å². The van der Waals surface area contributed by atoms with Crippen LogP contribution in [0.2, 0.25) is 5.02 Å². The number of aromatic amines is 1. The predicted octanol–water partition coefficient (Wildman–Crippen LogP) is 5.00. The molecule has 1 aromatic heterocycles. The minimum absolute atomic E-state index is 0.153. The number of nitrogens with zero attached hydrogens (tertiary/aromatic N) is 1. The van der Waals surface area contributed by atoms with Crippen LogP contribution in [0.15, 0.2) is 42.6 Å². The Balaban J connectivity index is 1.60.